The summed E-state index contributed by atoms with van der Waals surface area (Å²) in [6.45, 7) is 11.6. The molecule has 5 heterocycles. The van der Waals surface area contributed by atoms with Gasteiger partial charge >= 0.3 is 6.09 Å². The summed E-state index contributed by atoms with van der Waals surface area (Å²) in [5.41, 5.74) is 1.38. The number of anilines is 2. The van der Waals surface area contributed by atoms with E-state index < -0.39 is 5.60 Å². The number of nitrogens with zero attached hydrogens (tertiary/aromatic N) is 7. The summed E-state index contributed by atoms with van der Waals surface area (Å²) in [5.74, 6) is 1.60. The molecule has 2 aliphatic heterocycles. The minimum atomic E-state index is -0.514. The molecule has 0 radical (unpaired) electrons. The summed E-state index contributed by atoms with van der Waals surface area (Å²) in [4.78, 5) is 32.9. The van der Waals surface area contributed by atoms with E-state index in [1.807, 2.05) is 31.4 Å². The second kappa shape index (κ2) is 8.61. The Balaban J connectivity index is 1.51. The quantitative estimate of drug-likeness (QED) is 0.554. The van der Waals surface area contributed by atoms with Crippen molar-refractivity contribution in [3.63, 3.8) is 0 Å². The largest absolute Gasteiger partial charge is 0.444 e. The minimum Gasteiger partial charge on any atom is -0.444 e. The number of halogens is 1. The number of ether oxygens (including phenoxy) is 1. The molecule has 180 valence electrons. The highest BCUT2D eigenvalue weighted by Gasteiger charge is 2.33. The maximum absolute atomic E-state index is 12.6. The van der Waals surface area contributed by atoms with Crippen LogP contribution in [-0.4, -0.2) is 74.9 Å². The molecule has 0 N–H and O–H groups in total. The first-order valence-electron chi connectivity index (χ1n) is 11.7. The van der Waals surface area contributed by atoms with Gasteiger partial charge in [0.2, 0.25) is 0 Å². The zero-order valence-electron chi connectivity index (χ0n) is 20.0. The molecule has 1 amide bonds. The average molecular weight is 484 g/mol. The van der Waals surface area contributed by atoms with Gasteiger partial charge in [0.15, 0.2) is 5.65 Å². The number of hydrogen-bond donors (Lipinski definition) is 0. The van der Waals surface area contributed by atoms with E-state index in [9.17, 15) is 4.79 Å². The predicted molar refractivity (Wildman–Crippen MR) is 133 cm³/mol. The lowest BCUT2D eigenvalue weighted by molar-refractivity contribution is 0.0218. The Kier molecular flexibility index (Phi) is 5.75. The van der Waals surface area contributed by atoms with E-state index in [1.54, 1.807) is 23.5 Å². The van der Waals surface area contributed by atoms with Gasteiger partial charge in [0.1, 0.15) is 23.6 Å². The van der Waals surface area contributed by atoms with Crippen molar-refractivity contribution in [2.75, 3.05) is 42.5 Å². The summed E-state index contributed by atoms with van der Waals surface area (Å²) in [7, 11) is 0. The third-order valence-corrected chi connectivity index (χ3v) is 6.48. The van der Waals surface area contributed by atoms with Crippen LogP contribution in [0.25, 0.3) is 16.9 Å². The molecule has 0 spiro atoms. The van der Waals surface area contributed by atoms with E-state index in [0.29, 0.717) is 24.7 Å². The fraction of sp³-hybridized carbons (Fsp3) is 0.500. The molecular formula is C24H30ClN7O2. The number of amides is 1. The van der Waals surface area contributed by atoms with E-state index >= 15 is 0 Å². The van der Waals surface area contributed by atoms with Crippen LogP contribution >= 0.6 is 11.6 Å². The van der Waals surface area contributed by atoms with Gasteiger partial charge in [-0.1, -0.05) is 11.6 Å². The van der Waals surface area contributed by atoms with Gasteiger partial charge in [-0.2, -0.15) is 0 Å². The van der Waals surface area contributed by atoms with Crippen molar-refractivity contribution in [1.29, 1.82) is 0 Å². The van der Waals surface area contributed by atoms with E-state index in [0.717, 1.165) is 47.9 Å². The van der Waals surface area contributed by atoms with Gasteiger partial charge in [0.25, 0.3) is 0 Å². The molecule has 2 fully saturated rings. The molecule has 0 aliphatic carbocycles. The summed E-state index contributed by atoms with van der Waals surface area (Å²) >= 11 is 6.26. The topological polar surface area (TPSA) is 79.6 Å². The Morgan fingerprint density at radius 1 is 1.15 bits per heavy atom. The van der Waals surface area contributed by atoms with E-state index in [2.05, 4.69) is 32.9 Å². The number of pyridine rings is 1. The Labute approximate surface area is 204 Å². The van der Waals surface area contributed by atoms with E-state index in [4.69, 9.17) is 21.3 Å². The van der Waals surface area contributed by atoms with Crippen LogP contribution in [0.1, 0.15) is 34.1 Å². The third-order valence-electron chi connectivity index (χ3n) is 6.25. The molecule has 34 heavy (non-hydrogen) atoms. The molecule has 0 bridgehead atoms. The SMILES string of the molecule is C[C@H]1CN(C(=O)OC(C)(C)C)CCN1c1ncnc2c1c(N1CCC1)cn2-c1cc(Cl)ccn1. The lowest BCUT2D eigenvalue weighted by atomic mass is 10.1. The number of aromatic nitrogens is 4. The van der Waals surface area contributed by atoms with Crippen LogP contribution in [-0.2, 0) is 4.74 Å². The molecule has 2 aliphatic rings. The van der Waals surface area contributed by atoms with Gasteiger partial charge in [-0.25, -0.2) is 19.7 Å². The fourth-order valence-corrected chi connectivity index (χ4v) is 4.66. The fourth-order valence-electron chi connectivity index (χ4n) is 4.51. The van der Waals surface area contributed by atoms with Gasteiger partial charge < -0.3 is 19.4 Å². The summed E-state index contributed by atoms with van der Waals surface area (Å²) < 4.78 is 7.57. The van der Waals surface area contributed by atoms with Crippen molar-refractivity contribution in [1.82, 2.24) is 24.4 Å². The van der Waals surface area contributed by atoms with Crippen LogP contribution in [0.3, 0.4) is 0 Å². The highest BCUT2D eigenvalue weighted by atomic mass is 35.5. The predicted octanol–water partition coefficient (Wildman–Crippen LogP) is 4.12. The van der Waals surface area contributed by atoms with Gasteiger partial charge in [-0.15, -0.1) is 0 Å². The summed E-state index contributed by atoms with van der Waals surface area (Å²) in [6, 6.07) is 3.67. The zero-order chi connectivity index (χ0) is 24.0. The molecule has 2 saturated heterocycles. The maximum atomic E-state index is 12.6. The van der Waals surface area contributed by atoms with Crippen molar-refractivity contribution in [2.45, 2.75) is 45.8 Å². The Morgan fingerprint density at radius 3 is 2.59 bits per heavy atom. The number of carbonyl (C=O) groups excluding carboxylic acids is 1. The number of carbonyl (C=O) groups is 1. The van der Waals surface area contributed by atoms with Crippen molar-refractivity contribution < 1.29 is 9.53 Å². The van der Waals surface area contributed by atoms with E-state index in [-0.39, 0.29) is 12.1 Å². The van der Waals surface area contributed by atoms with Gasteiger partial charge in [0.05, 0.1) is 11.1 Å². The van der Waals surface area contributed by atoms with Crippen LogP contribution in [0.5, 0.6) is 0 Å². The molecule has 10 heteroatoms. The molecule has 0 saturated carbocycles. The highest BCUT2D eigenvalue weighted by molar-refractivity contribution is 6.30. The van der Waals surface area contributed by atoms with Crippen LogP contribution in [0, 0.1) is 0 Å². The zero-order valence-corrected chi connectivity index (χ0v) is 20.8. The molecule has 9 nitrogen and oxygen atoms in total. The van der Waals surface area contributed by atoms with Crippen LogP contribution in [0.2, 0.25) is 5.02 Å². The molecule has 3 aromatic rings. The van der Waals surface area contributed by atoms with Crippen molar-refractivity contribution in [2.24, 2.45) is 0 Å². The molecular weight excluding hydrogens is 454 g/mol. The van der Waals surface area contributed by atoms with Crippen LogP contribution in [0.15, 0.2) is 30.9 Å². The van der Waals surface area contributed by atoms with Crippen LogP contribution < -0.4 is 9.80 Å². The first-order valence-corrected chi connectivity index (χ1v) is 12.1. The maximum Gasteiger partial charge on any atom is 0.410 e. The number of hydrogen-bond acceptors (Lipinski definition) is 7. The van der Waals surface area contributed by atoms with Crippen molar-refractivity contribution in [3.8, 4) is 5.82 Å². The second-order valence-electron chi connectivity index (χ2n) is 9.92. The van der Waals surface area contributed by atoms with Gasteiger partial charge in [-0.05, 0) is 40.2 Å². The number of fused-ring (bicyclic) bond motifs is 1. The van der Waals surface area contributed by atoms with Crippen molar-refractivity contribution >= 4 is 40.2 Å². The first-order chi connectivity index (χ1) is 16.2. The third kappa shape index (κ3) is 4.24. The van der Waals surface area contributed by atoms with Crippen molar-refractivity contribution in [3.05, 3.63) is 35.9 Å². The summed E-state index contributed by atoms with van der Waals surface area (Å²) in [5, 5.41) is 1.63. The normalized spacial score (nSPS) is 18.9. The van der Waals surface area contributed by atoms with Gasteiger partial charge in [-0.3, -0.25) is 4.57 Å². The standard InChI is InChI=1S/C24H30ClN7O2/c1-16-13-30(23(33)34-24(2,3)4)10-11-31(16)21-20-18(29-8-5-9-29)14-32(22(20)28-15-27-21)19-12-17(25)6-7-26-19/h6-7,12,14-16H,5,8-11,13H2,1-4H3/t16-/m0/s1. The van der Waals surface area contributed by atoms with E-state index in [1.165, 1.54) is 0 Å². The molecule has 1 atom stereocenters. The lowest BCUT2D eigenvalue weighted by Crippen LogP contribution is -2.55. The van der Waals surface area contributed by atoms with Gasteiger partial charge in [0, 0.05) is 62.2 Å². The molecule has 0 unspecified atom stereocenters. The Hall–Kier alpha value is -3.07. The monoisotopic (exact) mass is 483 g/mol. The lowest BCUT2D eigenvalue weighted by Gasteiger charge is -2.41. The first kappa shape index (κ1) is 22.7. The minimum absolute atomic E-state index is 0.0660. The molecule has 0 aromatic carbocycles. The smallest absolute Gasteiger partial charge is 0.410 e. The summed E-state index contributed by atoms with van der Waals surface area (Å²) in [6.07, 6.45) is 6.28. The highest BCUT2D eigenvalue weighted by Crippen LogP contribution is 2.38. The second-order valence-corrected chi connectivity index (χ2v) is 10.4. The van der Waals surface area contributed by atoms with Crippen LogP contribution in [0.4, 0.5) is 16.3 Å². The Morgan fingerprint density at radius 2 is 1.94 bits per heavy atom. The average Bonchev–Trinajstić information content (AvgIpc) is 3.11. The molecule has 5 rings (SSSR count). The Bertz CT molecular complexity index is 1220. The number of rotatable bonds is 3. The number of piperazine rings is 1. The molecule has 3 aromatic heterocycles.